The van der Waals surface area contributed by atoms with E-state index in [0.717, 1.165) is 5.75 Å². The number of aliphatic carboxylic acids is 2. The number of nitrogens with one attached hydrogen (secondary N) is 2. The summed E-state index contributed by atoms with van der Waals surface area (Å²) in [5, 5.41) is 21.2. The SMILES string of the molecule is O=C(O)C(F)(F)F.O=C(O)CCSSCCNC(=O)CCCNC(=O)c1ccccc1. The molecule has 0 aliphatic heterocycles. The third-order valence-corrected chi connectivity index (χ3v) is 5.54. The normalized spacial score (nSPS) is 10.4. The highest BCUT2D eigenvalue weighted by molar-refractivity contribution is 8.76. The fraction of sp³-hybridized carbons (Fsp3) is 0.444. The van der Waals surface area contributed by atoms with E-state index in [4.69, 9.17) is 15.0 Å². The summed E-state index contributed by atoms with van der Waals surface area (Å²) < 4.78 is 31.7. The molecule has 0 atom stereocenters. The molecular weight excluding hydrogens is 461 g/mol. The molecule has 0 bridgehead atoms. The van der Waals surface area contributed by atoms with Crippen molar-refractivity contribution in [1.82, 2.24) is 10.6 Å². The highest BCUT2D eigenvalue weighted by Gasteiger charge is 2.38. The van der Waals surface area contributed by atoms with Crippen LogP contribution in [0.15, 0.2) is 30.3 Å². The number of carbonyl (C=O) groups excluding carboxylic acids is 2. The van der Waals surface area contributed by atoms with Crippen molar-refractivity contribution >= 4 is 45.3 Å². The van der Waals surface area contributed by atoms with Gasteiger partial charge in [0, 0.05) is 36.6 Å². The quantitative estimate of drug-likeness (QED) is 0.263. The van der Waals surface area contributed by atoms with Crippen LogP contribution in [0.4, 0.5) is 13.2 Å². The summed E-state index contributed by atoms with van der Waals surface area (Å²) in [5.74, 6) is -2.43. The van der Waals surface area contributed by atoms with Crippen molar-refractivity contribution in [3.63, 3.8) is 0 Å². The van der Waals surface area contributed by atoms with E-state index in [1.807, 2.05) is 6.07 Å². The third-order valence-electron chi connectivity index (χ3n) is 3.13. The van der Waals surface area contributed by atoms with Gasteiger partial charge in [-0.2, -0.15) is 13.2 Å². The molecule has 0 unspecified atom stereocenters. The molecule has 0 spiro atoms. The van der Waals surface area contributed by atoms with Crippen LogP contribution in [0.2, 0.25) is 0 Å². The Morgan fingerprint density at radius 3 is 2.00 bits per heavy atom. The minimum Gasteiger partial charge on any atom is -0.481 e. The summed E-state index contributed by atoms with van der Waals surface area (Å²) in [7, 11) is 3.04. The van der Waals surface area contributed by atoms with E-state index in [1.54, 1.807) is 35.1 Å². The minimum absolute atomic E-state index is 0.0416. The molecule has 0 aliphatic carbocycles. The first-order valence-corrected chi connectivity index (χ1v) is 11.4. The van der Waals surface area contributed by atoms with E-state index in [1.165, 1.54) is 10.8 Å². The van der Waals surface area contributed by atoms with Crippen molar-refractivity contribution in [3.05, 3.63) is 35.9 Å². The number of benzene rings is 1. The standard InChI is InChI=1S/C16H22N2O4S2.C2HF3O2/c19-14(17-10-12-24-23-11-8-15(20)21)7-4-9-18-16(22)13-5-2-1-3-6-13;3-2(4,5)1(6)7/h1-3,5-6H,4,7-12H2,(H,17,19)(H,18,22)(H,20,21);(H,6,7). The smallest absolute Gasteiger partial charge is 0.481 e. The fourth-order valence-electron chi connectivity index (χ4n) is 1.71. The van der Waals surface area contributed by atoms with Gasteiger partial charge in [-0.25, -0.2) is 4.79 Å². The molecule has 0 saturated carbocycles. The van der Waals surface area contributed by atoms with Gasteiger partial charge in [-0.05, 0) is 18.6 Å². The van der Waals surface area contributed by atoms with Crippen LogP contribution in [-0.2, 0) is 14.4 Å². The summed E-state index contributed by atoms with van der Waals surface area (Å²) in [6.07, 6.45) is -3.98. The molecule has 13 heteroatoms. The minimum atomic E-state index is -5.08. The molecule has 2 amide bonds. The number of rotatable bonds is 12. The van der Waals surface area contributed by atoms with Crippen LogP contribution < -0.4 is 10.6 Å². The predicted molar refractivity (Wildman–Crippen MR) is 112 cm³/mol. The highest BCUT2D eigenvalue weighted by Crippen LogP contribution is 2.20. The van der Waals surface area contributed by atoms with E-state index >= 15 is 0 Å². The second kappa shape index (κ2) is 16.3. The Morgan fingerprint density at radius 1 is 0.871 bits per heavy atom. The molecule has 8 nitrogen and oxygen atoms in total. The summed E-state index contributed by atoms with van der Waals surface area (Å²) in [6.45, 7) is 1.01. The highest BCUT2D eigenvalue weighted by atomic mass is 33.1. The average molecular weight is 485 g/mol. The molecule has 1 rings (SSSR count). The van der Waals surface area contributed by atoms with Crippen LogP contribution in [0.3, 0.4) is 0 Å². The lowest BCUT2D eigenvalue weighted by Gasteiger charge is -2.06. The van der Waals surface area contributed by atoms with Gasteiger partial charge in [0.15, 0.2) is 0 Å². The summed E-state index contributed by atoms with van der Waals surface area (Å²) in [5.41, 5.74) is 0.611. The molecule has 4 N–H and O–H groups in total. The number of carbonyl (C=O) groups is 4. The molecule has 0 saturated heterocycles. The van der Waals surface area contributed by atoms with Crippen LogP contribution in [0.1, 0.15) is 29.6 Å². The molecule has 0 radical (unpaired) electrons. The zero-order valence-electron chi connectivity index (χ0n) is 16.3. The lowest BCUT2D eigenvalue weighted by atomic mass is 10.2. The molecule has 0 aliphatic rings. The lowest BCUT2D eigenvalue weighted by molar-refractivity contribution is -0.192. The van der Waals surface area contributed by atoms with Crippen molar-refractivity contribution in [2.75, 3.05) is 24.6 Å². The summed E-state index contributed by atoms with van der Waals surface area (Å²) in [6, 6.07) is 8.95. The summed E-state index contributed by atoms with van der Waals surface area (Å²) in [4.78, 5) is 42.6. The summed E-state index contributed by atoms with van der Waals surface area (Å²) >= 11 is 0. The Morgan fingerprint density at radius 2 is 1.45 bits per heavy atom. The Hall–Kier alpha value is -2.41. The average Bonchev–Trinajstić information content (AvgIpc) is 2.70. The van der Waals surface area contributed by atoms with E-state index in [-0.39, 0.29) is 18.2 Å². The van der Waals surface area contributed by atoms with Crippen LogP contribution in [0, 0.1) is 0 Å². The van der Waals surface area contributed by atoms with E-state index in [2.05, 4.69) is 10.6 Å². The molecule has 31 heavy (non-hydrogen) atoms. The molecule has 0 aromatic heterocycles. The first-order valence-electron chi connectivity index (χ1n) is 8.90. The lowest BCUT2D eigenvalue weighted by Crippen LogP contribution is -2.28. The van der Waals surface area contributed by atoms with E-state index in [0.29, 0.717) is 37.2 Å². The maximum atomic E-state index is 11.8. The zero-order chi connectivity index (χ0) is 23.7. The Balaban J connectivity index is 0.00000110. The van der Waals surface area contributed by atoms with Gasteiger partial charge in [0.2, 0.25) is 5.91 Å². The van der Waals surface area contributed by atoms with Gasteiger partial charge in [-0.1, -0.05) is 39.8 Å². The Bertz CT molecular complexity index is 705. The maximum absolute atomic E-state index is 11.8. The van der Waals surface area contributed by atoms with Crippen LogP contribution in [0.25, 0.3) is 0 Å². The first-order chi connectivity index (χ1) is 14.5. The Kier molecular flexibility index (Phi) is 15.0. The van der Waals surface area contributed by atoms with Crippen molar-refractivity contribution in [1.29, 1.82) is 0 Å². The zero-order valence-corrected chi connectivity index (χ0v) is 17.9. The molecule has 0 heterocycles. The molecule has 1 aromatic carbocycles. The van der Waals surface area contributed by atoms with Gasteiger partial charge < -0.3 is 20.8 Å². The maximum Gasteiger partial charge on any atom is 0.490 e. The van der Waals surface area contributed by atoms with Gasteiger partial charge in [0.05, 0.1) is 6.42 Å². The second-order valence-corrected chi connectivity index (χ2v) is 8.37. The number of amides is 2. The number of hydrogen-bond acceptors (Lipinski definition) is 6. The number of carboxylic acid groups (broad SMARTS) is 2. The van der Waals surface area contributed by atoms with Crippen LogP contribution in [0.5, 0.6) is 0 Å². The predicted octanol–water partition coefficient (Wildman–Crippen LogP) is 2.80. The van der Waals surface area contributed by atoms with Crippen molar-refractivity contribution in [2.45, 2.75) is 25.4 Å². The van der Waals surface area contributed by atoms with Crippen LogP contribution >= 0.6 is 21.6 Å². The second-order valence-electron chi connectivity index (χ2n) is 5.67. The number of carboxylic acids is 2. The van der Waals surface area contributed by atoms with Gasteiger partial charge >= 0.3 is 18.1 Å². The van der Waals surface area contributed by atoms with Crippen molar-refractivity contribution in [3.8, 4) is 0 Å². The van der Waals surface area contributed by atoms with Gasteiger partial charge in [-0.3, -0.25) is 14.4 Å². The van der Waals surface area contributed by atoms with Crippen LogP contribution in [-0.4, -0.2) is 64.7 Å². The number of hydrogen-bond donors (Lipinski definition) is 4. The number of halogens is 3. The van der Waals surface area contributed by atoms with Gasteiger partial charge in [0.1, 0.15) is 0 Å². The van der Waals surface area contributed by atoms with Crippen molar-refractivity contribution < 1.29 is 42.6 Å². The van der Waals surface area contributed by atoms with E-state index < -0.39 is 18.1 Å². The van der Waals surface area contributed by atoms with Gasteiger partial charge in [0.25, 0.3) is 5.91 Å². The topological polar surface area (TPSA) is 133 Å². The number of alkyl halides is 3. The monoisotopic (exact) mass is 484 g/mol. The van der Waals surface area contributed by atoms with Crippen molar-refractivity contribution in [2.24, 2.45) is 0 Å². The Labute approximate surface area is 184 Å². The molecule has 1 aromatic rings. The molecular formula is C18H23F3N2O6S2. The molecule has 174 valence electrons. The third kappa shape index (κ3) is 17.0. The molecule has 0 fully saturated rings. The van der Waals surface area contributed by atoms with Gasteiger partial charge in [-0.15, -0.1) is 0 Å². The largest absolute Gasteiger partial charge is 0.490 e. The van der Waals surface area contributed by atoms with E-state index in [9.17, 15) is 27.6 Å². The first kappa shape index (κ1) is 28.6. The fourth-order valence-corrected chi connectivity index (χ4v) is 3.60.